The molecule has 1 unspecified atom stereocenters. The van der Waals surface area contributed by atoms with Crippen molar-refractivity contribution < 1.29 is 22.8 Å². The number of nitrogens with zero attached hydrogens (tertiary/aromatic N) is 2. The third-order valence-corrected chi connectivity index (χ3v) is 6.89. The first-order valence-electron chi connectivity index (χ1n) is 14.9. The highest BCUT2D eigenvalue weighted by molar-refractivity contribution is 6.01. The molecule has 0 saturated carbocycles. The molecule has 3 aromatic carbocycles. The van der Waals surface area contributed by atoms with E-state index in [1.54, 1.807) is 43.3 Å². The molecule has 4 rings (SSSR count). The number of hydrogen-bond acceptors (Lipinski definition) is 5. The van der Waals surface area contributed by atoms with Crippen LogP contribution in [0.3, 0.4) is 0 Å². The van der Waals surface area contributed by atoms with Crippen LogP contribution < -0.4 is 10.6 Å². The van der Waals surface area contributed by atoms with E-state index in [1.165, 1.54) is 29.5 Å². The number of nitrogens with one attached hydrogen (secondary N) is 2. The molecule has 9 heteroatoms. The van der Waals surface area contributed by atoms with Crippen molar-refractivity contribution >= 4 is 11.8 Å². The van der Waals surface area contributed by atoms with Crippen molar-refractivity contribution in [2.45, 2.75) is 59.5 Å². The first kappa shape index (κ1) is 34.1. The number of aromatic nitrogens is 1. The molecule has 0 aliphatic rings. The van der Waals surface area contributed by atoms with Gasteiger partial charge in [0.2, 0.25) is 5.89 Å². The van der Waals surface area contributed by atoms with Crippen molar-refractivity contribution in [3.8, 4) is 11.5 Å². The molecule has 0 fully saturated rings. The van der Waals surface area contributed by atoms with E-state index in [0.717, 1.165) is 38.4 Å². The summed E-state index contributed by atoms with van der Waals surface area (Å²) in [5.41, 5.74) is 4.63. The van der Waals surface area contributed by atoms with Gasteiger partial charge in [-0.25, -0.2) is 13.8 Å². The number of benzene rings is 3. The molecule has 0 saturated heterocycles. The van der Waals surface area contributed by atoms with Crippen LogP contribution in [0.15, 0.2) is 77.5 Å². The van der Waals surface area contributed by atoms with Gasteiger partial charge < -0.3 is 20.0 Å². The molecule has 2 amide bonds. The van der Waals surface area contributed by atoms with E-state index >= 15 is 0 Å². The topological polar surface area (TPSA) is 87.5 Å². The summed E-state index contributed by atoms with van der Waals surface area (Å²) in [6.07, 6.45) is 5.67. The quantitative estimate of drug-likeness (QED) is 0.171. The van der Waals surface area contributed by atoms with Gasteiger partial charge in [0.15, 0.2) is 0 Å². The molecular weight excluding hydrogens is 562 g/mol. The van der Waals surface area contributed by atoms with Gasteiger partial charge in [0.05, 0.1) is 6.20 Å². The maximum atomic E-state index is 13.1. The lowest BCUT2D eigenvalue weighted by atomic mass is 10.0. The number of hydrogen-bond donors (Lipinski definition) is 2. The zero-order valence-electron chi connectivity index (χ0n) is 26.1. The van der Waals surface area contributed by atoms with E-state index in [-0.39, 0.29) is 17.9 Å². The average molecular weight is 605 g/mol. The number of aryl methyl sites for hydroxylation is 2. The Morgan fingerprint density at radius 3 is 2.32 bits per heavy atom. The highest BCUT2D eigenvalue weighted by Crippen LogP contribution is 2.22. The minimum absolute atomic E-state index is 0.0377. The van der Waals surface area contributed by atoms with Crippen LogP contribution in [-0.2, 0) is 13.0 Å². The van der Waals surface area contributed by atoms with Gasteiger partial charge in [-0.05, 0) is 86.7 Å². The summed E-state index contributed by atoms with van der Waals surface area (Å²) in [6.45, 7) is 10.0. The van der Waals surface area contributed by atoms with E-state index in [2.05, 4.69) is 46.8 Å². The summed E-state index contributed by atoms with van der Waals surface area (Å²) in [4.78, 5) is 31.8. The Kier molecular flexibility index (Phi) is 13.2. The van der Waals surface area contributed by atoms with Crippen LogP contribution in [-0.4, -0.2) is 47.9 Å². The molecule has 0 spiro atoms. The van der Waals surface area contributed by atoms with Crippen LogP contribution >= 0.6 is 0 Å². The first-order valence-corrected chi connectivity index (χ1v) is 14.9. The molecule has 1 aromatic heterocycles. The van der Waals surface area contributed by atoms with Gasteiger partial charge in [-0.15, -0.1) is 0 Å². The van der Waals surface area contributed by atoms with Crippen LogP contribution in [0.1, 0.15) is 71.0 Å². The van der Waals surface area contributed by atoms with Crippen LogP contribution in [0, 0.1) is 18.6 Å². The SMILES string of the molecule is CCCN(C)C(=O)c1cc(C(=O)NC(C)CCNCc2cccc(CC)c2)cc(-c2ncco2)c1.Cc1cc(F)cc(F)c1. The van der Waals surface area contributed by atoms with Crippen molar-refractivity contribution in [1.29, 1.82) is 0 Å². The summed E-state index contributed by atoms with van der Waals surface area (Å²) in [5, 5.41) is 6.50. The van der Waals surface area contributed by atoms with Gasteiger partial charge >= 0.3 is 0 Å². The van der Waals surface area contributed by atoms with Gasteiger partial charge in [-0.3, -0.25) is 9.59 Å². The molecule has 2 N–H and O–H groups in total. The van der Waals surface area contributed by atoms with Crippen LogP contribution in [0.25, 0.3) is 11.5 Å². The number of rotatable bonds is 12. The van der Waals surface area contributed by atoms with Gasteiger partial charge in [0.25, 0.3) is 11.8 Å². The summed E-state index contributed by atoms with van der Waals surface area (Å²) in [5.74, 6) is -1.04. The number of carbonyl (C=O) groups excluding carboxylic acids is 2. The Bertz CT molecular complexity index is 1460. The summed E-state index contributed by atoms with van der Waals surface area (Å²) in [7, 11) is 1.76. The van der Waals surface area contributed by atoms with E-state index in [1.807, 2.05) is 13.8 Å². The Morgan fingerprint density at radius 2 is 1.68 bits per heavy atom. The molecule has 44 heavy (non-hydrogen) atoms. The summed E-state index contributed by atoms with van der Waals surface area (Å²) in [6, 6.07) is 17.0. The van der Waals surface area contributed by atoms with Crippen molar-refractivity contribution in [3.05, 3.63) is 113 Å². The lowest BCUT2D eigenvalue weighted by molar-refractivity contribution is 0.0795. The van der Waals surface area contributed by atoms with Gasteiger partial charge in [0, 0.05) is 48.9 Å². The van der Waals surface area contributed by atoms with Crippen molar-refractivity contribution in [2.24, 2.45) is 0 Å². The van der Waals surface area contributed by atoms with Crippen molar-refractivity contribution in [1.82, 2.24) is 20.5 Å². The second-order valence-electron chi connectivity index (χ2n) is 10.8. The van der Waals surface area contributed by atoms with Crippen molar-refractivity contribution in [3.63, 3.8) is 0 Å². The summed E-state index contributed by atoms with van der Waals surface area (Å²) >= 11 is 0. The third-order valence-electron chi connectivity index (χ3n) is 6.89. The number of halogens is 2. The van der Waals surface area contributed by atoms with Gasteiger partial charge in [-0.1, -0.05) is 38.1 Å². The van der Waals surface area contributed by atoms with E-state index in [0.29, 0.717) is 34.7 Å². The molecule has 0 bridgehead atoms. The fourth-order valence-corrected chi connectivity index (χ4v) is 4.61. The van der Waals surface area contributed by atoms with Crippen LogP contribution in [0.2, 0.25) is 0 Å². The predicted molar refractivity (Wildman–Crippen MR) is 169 cm³/mol. The fraction of sp³-hybridized carbons (Fsp3) is 0.343. The summed E-state index contributed by atoms with van der Waals surface area (Å²) < 4.78 is 29.8. The maximum absolute atomic E-state index is 13.1. The third kappa shape index (κ3) is 10.7. The van der Waals surface area contributed by atoms with Crippen LogP contribution in [0.5, 0.6) is 0 Å². The first-order chi connectivity index (χ1) is 21.1. The van der Waals surface area contributed by atoms with Crippen molar-refractivity contribution in [2.75, 3.05) is 20.1 Å². The average Bonchev–Trinajstić information content (AvgIpc) is 3.54. The van der Waals surface area contributed by atoms with E-state index in [4.69, 9.17) is 4.42 Å². The van der Waals surface area contributed by atoms with Crippen LogP contribution in [0.4, 0.5) is 8.78 Å². The fourth-order valence-electron chi connectivity index (χ4n) is 4.61. The lowest BCUT2D eigenvalue weighted by Gasteiger charge is -2.18. The smallest absolute Gasteiger partial charge is 0.253 e. The number of oxazole rings is 1. The largest absolute Gasteiger partial charge is 0.445 e. The lowest BCUT2D eigenvalue weighted by Crippen LogP contribution is -2.35. The Hall–Kier alpha value is -4.37. The zero-order chi connectivity index (χ0) is 32.1. The highest BCUT2D eigenvalue weighted by atomic mass is 19.1. The molecule has 0 aliphatic heterocycles. The molecule has 0 aliphatic carbocycles. The predicted octanol–water partition coefficient (Wildman–Crippen LogP) is 6.96. The standard InChI is InChI=1S/C28H36N4O3.C7H6F2/c1-5-13-32(4)28(34)25-17-23(16-24(18-25)27-30-12-14-35-27)26(33)31-20(3)10-11-29-19-22-9-7-8-21(6-2)15-22;1-5-2-6(8)4-7(9)3-5/h7-9,12,14-18,20,29H,5-6,10-11,13,19H2,1-4H3,(H,31,33);2-4H,1H3. The zero-order valence-corrected chi connectivity index (χ0v) is 26.1. The monoisotopic (exact) mass is 604 g/mol. The molecule has 1 heterocycles. The minimum Gasteiger partial charge on any atom is -0.445 e. The molecule has 234 valence electrons. The van der Waals surface area contributed by atoms with E-state index in [9.17, 15) is 18.4 Å². The normalized spacial score (nSPS) is 11.3. The Morgan fingerprint density at radius 1 is 0.977 bits per heavy atom. The second kappa shape index (κ2) is 17.1. The van der Waals surface area contributed by atoms with Gasteiger partial charge in [0.1, 0.15) is 17.9 Å². The molecule has 4 aromatic rings. The molecular formula is C35H42F2N4O3. The number of carbonyl (C=O) groups is 2. The Labute approximate surface area is 258 Å². The van der Waals surface area contributed by atoms with E-state index < -0.39 is 11.6 Å². The maximum Gasteiger partial charge on any atom is 0.253 e. The molecule has 0 radical (unpaired) electrons. The second-order valence-corrected chi connectivity index (χ2v) is 10.8. The molecule has 1 atom stereocenters. The molecule has 7 nitrogen and oxygen atoms in total. The minimum atomic E-state index is -0.521. The van der Waals surface area contributed by atoms with Gasteiger partial charge in [-0.2, -0.15) is 0 Å². The highest BCUT2D eigenvalue weighted by Gasteiger charge is 2.19. The number of amides is 2. The Balaban J connectivity index is 0.000000502.